The molecule has 0 radical (unpaired) electrons. The van der Waals surface area contributed by atoms with E-state index in [0.29, 0.717) is 18.4 Å². The average Bonchev–Trinajstić information content (AvgIpc) is 2.63. The Morgan fingerprint density at radius 3 is 2.61 bits per heavy atom. The predicted octanol–water partition coefficient (Wildman–Crippen LogP) is 2.84. The molecule has 18 heavy (non-hydrogen) atoms. The van der Waals surface area contributed by atoms with Gasteiger partial charge in [-0.15, -0.1) is 11.3 Å². The van der Waals surface area contributed by atoms with Gasteiger partial charge in [0.2, 0.25) is 0 Å². The van der Waals surface area contributed by atoms with Crippen LogP contribution in [0, 0.1) is 11.8 Å². The molecule has 0 aromatic carbocycles. The van der Waals surface area contributed by atoms with Crippen molar-refractivity contribution in [3.05, 3.63) is 16.1 Å². The molecule has 4 heteroatoms. The van der Waals surface area contributed by atoms with Crippen molar-refractivity contribution in [1.82, 2.24) is 10.3 Å². The largest absolute Gasteiger partial charge is 0.392 e. The van der Waals surface area contributed by atoms with Crippen LogP contribution >= 0.6 is 11.3 Å². The van der Waals surface area contributed by atoms with Crippen molar-refractivity contribution in [2.24, 2.45) is 11.8 Å². The van der Waals surface area contributed by atoms with Crippen LogP contribution in [0.2, 0.25) is 0 Å². The highest BCUT2D eigenvalue weighted by Crippen LogP contribution is 2.16. The van der Waals surface area contributed by atoms with E-state index >= 15 is 0 Å². The summed E-state index contributed by atoms with van der Waals surface area (Å²) in [5.41, 5.74) is 0. The molecule has 1 aromatic rings. The zero-order valence-electron chi connectivity index (χ0n) is 11.9. The lowest BCUT2D eigenvalue weighted by molar-refractivity contribution is 0.146. The van der Waals surface area contributed by atoms with Gasteiger partial charge in [-0.3, -0.25) is 0 Å². The minimum absolute atomic E-state index is 0.243. The molecule has 1 aromatic heterocycles. The first-order valence-corrected chi connectivity index (χ1v) is 7.61. The van der Waals surface area contributed by atoms with Crippen molar-refractivity contribution in [1.29, 1.82) is 0 Å². The smallest absolute Gasteiger partial charge is 0.0930 e. The summed E-state index contributed by atoms with van der Waals surface area (Å²) in [6.45, 7) is 10.2. The monoisotopic (exact) mass is 270 g/mol. The van der Waals surface area contributed by atoms with Crippen molar-refractivity contribution in [2.75, 3.05) is 6.54 Å². The van der Waals surface area contributed by atoms with Gasteiger partial charge in [-0.25, -0.2) is 4.98 Å². The molecular weight excluding hydrogens is 244 g/mol. The van der Waals surface area contributed by atoms with Gasteiger partial charge >= 0.3 is 0 Å². The van der Waals surface area contributed by atoms with E-state index in [4.69, 9.17) is 0 Å². The van der Waals surface area contributed by atoms with Crippen LogP contribution in [0.1, 0.15) is 44.0 Å². The first-order valence-electron chi connectivity index (χ1n) is 6.79. The molecule has 1 unspecified atom stereocenters. The molecule has 0 aliphatic carbocycles. The van der Waals surface area contributed by atoms with Crippen LogP contribution in [-0.4, -0.2) is 22.7 Å². The lowest BCUT2D eigenvalue weighted by Gasteiger charge is -2.13. The lowest BCUT2D eigenvalue weighted by atomic mass is 10.1. The van der Waals surface area contributed by atoms with E-state index in [-0.39, 0.29) is 6.10 Å². The molecule has 1 rings (SSSR count). The van der Waals surface area contributed by atoms with Crippen molar-refractivity contribution in [3.8, 4) is 0 Å². The maximum atomic E-state index is 9.75. The molecule has 0 aliphatic rings. The maximum Gasteiger partial charge on any atom is 0.0930 e. The first kappa shape index (κ1) is 15.6. The summed E-state index contributed by atoms with van der Waals surface area (Å²) in [7, 11) is 0. The van der Waals surface area contributed by atoms with Gasteiger partial charge in [-0.2, -0.15) is 0 Å². The second kappa shape index (κ2) is 7.87. The average molecular weight is 270 g/mol. The van der Waals surface area contributed by atoms with E-state index < -0.39 is 0 Å². The number of aliphatic hydroxyl groups excluding tert-OH is 1. The molecular formula is C14H26N2OS. The fourth-order valence-electron chi connectivity index (χ4n) is 1.86. The third kappa shape index (κ3) is 6.47. The normalized spacial score (nSPS) is 13.5. The second-order valence-corrected chi connectivity index (χ2v) is 6.93. The number of rotatable bonds is 8. The molecule has 2 N–H and O–H groups in total. The Bertz CT molecular complexity index is 336. The van der Waals surface area contributed by atoms with Crippen LogP contribution in [0.15, 0.2) is 6.20 Å². The summed E-state index contributed by atoms with van der Waals surface area (Å²) in [5, 5.41) is 14.3. The number of hydrogen-bond donors (Lipinski definition) is 2. The van der Waals surface area contributed by atoms with Gasteiger partial charge in [0.15, 0.2) is 0 Å². The molecule has 104 valence electrons. The number of aliphatic hydroxyl groups is 1. The summed E-state index contributed by atoms with van der Waals surface area (Å²) in [4.78, 5) is 5.67. The molecule has 0 saturated heterocycles. The summed E-state index contributed by atoms with van der Waals surface area (Å²) in [5.74, 6) is 1.20. The summed E-state index contributed by atoms with van der Waals surface area (Å²) in [6, 6.07) is 0. The summed E-state index contributed by atoms with van der Waals surface area (Å²) < 4.78 is 0. The van der Waals surface area contributed by atoms with Gasteiger partial charge in [0.25, 0.3) is 0 Å². The fourth-order valence-corrected chi connectivity index (χ4v) is 2.97. The number of nitrogens with one attached hydrogen (secondary N) is 1. The predicted molar refractivity (Wildman–Crippen MR) is 77.8 cm³/mol. The molecule has 1 heterocycles. The van der Waals surface area contributed by atoms with E-state index in [1.807, 2.05) is 6.20 Å². The van der Waals surface area contributed by atoms with E-state index in [0.717, 1.165) is 19.4 Å². The fraction of sp³-hybridized carbons (Fsp3) is 0.786. The van der Waals surface area contributed by atoms with Gasteiger partial charge in [-0.1, -0.05) is 27.7 Å². The second-order valence-electron chi connectivity index (χ2n) is 5.73. The molecule has 0 fully saturated rings. The summed E-state index contributed by atoms with van der Waals surface area (Å²) in [6.07, 6.45) is 3.62. The van der Waals surface area contributed by atoms with Gasteiger partial charge in [-0.05, 0) is 18.3 Å². The quantitative estimate of drug-likeness (QED) is 0.763. The van der Waals surface area contributed by atoms with Crippen molar-refractivity contribution >= 4 is 11.3 Å². The Morgan fingerprint density at radius 1 is 1.28 bits per heavy atom. The number of nitrogens with zero attached hydrogens (tertiary/aromatic N) is 1. The Kier molecular flexibility index (Phi) is 6.82. The molecule has 0 amide bonds. The molecule has 0 spiro atoms. The number of hydrogen-bond acceptors (Lipinski definition) is 4. The minimum atomic E-state index is -0.243. The van der Waals surface area contributed by atoms with Crippen LogP contribution in [0.25, 0.3) is 0 Å². The van der Waals surface area contributed by atoms with Crippen molar-refractivity contribution in [2.45, 2.75) is 53.2 Å². The Labute approximate surface area is 115 Å². The molecule has 0 bridgehead atoms. The minimum Gasteiger partial charge on any atom is -0.392 e. The highest BCUT2D eigenvalue weighted by atomic mass is 32.1. The zero-order chi connectivity index (χ0) is 13.5. The molecule has 1 atom stereocenters. The summed E-state index contributed by atoms with van der Waals surface area (Å²) >= 11 is 1.77. The Hall–Kier alpha value is -0.450. The highest BCUT2D eigenvalue weighted by molar-refractivity contribution is 7.11. The first-order chi connectivity index (χ1) is 8.47. The molecule has 0 aliphatic heterocycles. The van der Waals surface area contributed by atoms with Gasteiger partial charge in [0.1, 0.15) is 0 Å². The highest BCUT2D eigenvalue weighted by Gasteiger charge is 2.07. The zero-order valence-corrected chi connectivity index (χ0v) is 12.8. The van der Waals surface area contributed by atoms with Crippen LogP contribution in [0.5, 0.6) is 0 Å². The maximum absolute atomic E-state index is 9.75. The third-order valence-electron chi connectivity index (χ3n) is 2.61. The van der Waals surface area contributed by atoms with E-state index in [1.165, 1.54) is 9.88 Å². The third-order valence-corrected chi connectivity index (χ3v) is 3.63. The van der Waals surface area contributed by atoms with Crippen LogP contribution < -0.4 is 5.32 Å². The van der Waals surface area contributed by atoms with Gasteiger partial charge in [0, 0.05) is 30.6 Å². The van der Waals surface area contributed by atoms with Crippen LogP contribution in [0.3, 0.4) is 0 Å². The van der Waals surface area contributed by atoms with Crippen molar-refractivity contribution < 1.29 is 5.11 Å². The Morgan fingerprint density at radius 2 is 2.00 bits per heavy atom. The topological polar surface area (TPSA) is 45.2 Å². The van der Waals surface area contributed by atoms with Gasteiger partial charge in [0.05, 0.1) is 11.1 Å². The van der Waals surface area contributed by atoms with Crippen LogP contribution in [-0.2, 0) is 13.0 Å². The SMILES string of the molecule is CC(C)Cc1ncc(CNCC(O)CC(C)C)s1. The number of thiazole rings is 1. The Balaban J connectivity index is 2.25. The van der Waals surface area contributed by atoms with E-state index in [2.05, 4.69) is 38.0 Å². The van der Waals surface area contributed by atoms with Gasteiger partial charge < -0.3 is 10.4 Å². The van der Waals surface area contributed by atoms with E-state index in [1.54, 1.807) is 11.3 Å². The molecule has 0 saturated carbocycles. The van der Waals surface area contributed by atoms with Crippen molar-refractivity contribution in [3.63, 3.8) is 0 Å². The van der Waals surface area contributed by atoms with E-state index in [9.17, 15) is 5.11 Å². The van der Waals surface area contributed by atoms with Crippen LogP contribution in [0.4, 0.5) is 0 Å². The lowest BCUT2D eigenvalue weighted by Crippen LogP contribution is -2.27. The standard InChI is InChI=1S/C14H26N2OS/c1-10(2)5-12(17)7-15-8-13-9-16-14(18-13)6-11(3)4/h9-12,15,17H,5-8H2,1-4H3. The number of aromatic nitrogens is 1. The molecule has 3 nitrogen and oxygen atoms in total.